The Hall–Kier alpha value is -3.07. The molecule has 0 radical (unpaired) electrons. The van der Waals surface area contributed by atoms with Gasteiger partial charge < -0.3 is 18.9 Å². The van der Waals surface area contributed by atoms with Crippen molar-refractivity contribution in [2.45, 2.75) is 20.0 Å². The van der Waals surface area contributed by atoms with Crippen molar-refractivity contribution in [2.24, 2.45) is 0 Å². The summed E-state index contributed by atoms with van der Waals surface area (Å²) in [6.07, 6.45) is 0.00997. The number of methoxy groups -OCH3 is 3. The molecule has 1 aromatic carbocycles. The molecule has 0 aliphatic heterocycles. The smallest absolute Gasteiger partial charge is 0.310 e. The summed E-state index contributed by atoms with van der Waals surface area (Å²) in [4.78, 5) is 29.3. The van der Waals surface area contributed by atoms with Crippen molar-refractivity contribution in [1.82, 2.24) is 9.38 Å². The molecule has 2 aromatic heterocycles. The summed E-state index contributed by atoms with van der Waals surface area (Å²) in [5.74, 6) is 0.903. The minimum Gasteiger partial charge on any atom is -0.493 e. The number of aryl methyl sites for hydroxylation is 1. The molecular formula is C19H20N2O6S. The van der Waals surface area contributed by atoms with Crippen molar-refractivity contribution in [3.8, 4) is 17.2 Å². The highest BCUT2D eigenvalue weighted by atomic mass is 32.1. The predicted molar refractivity (Wildman–Crippen MR) is 104 cm³/mol. The van der Waals surface area contributed by atoms with Gasteiger partial charge in [0.15, 0.2) is 16.5 Å². The maximum Gasteiger partial charge on any atom is 0.310 e. The molecule has 8 nitrogen and oxygen atoms in total. The van der Waals surface area contributed by atoms with Crippen LogP contribution in [0.3, 0.4) is 0 Å². The molecular weight excluding hydrogens is 384 g/mol. The molecule has 9 heteroatoms. The van der Waals surface area contributed by atoms with Crippen molar-refractivity contribution < 1.29 is 23.7 Å². The topological polar surface area (TPSA) is 88.4 Å². The van der Waals surface area contributed by atoms with Crippen LogP contribution in [0.5, 0.6) is 17.2 Å². The molecule has 0 fully saturated rings. The van der Waals surface area contributed by atoms with Crippen LogP contribution in [0.4, 0.5) is 0 Å². The van der Waals surface area contributed by atoms with E-state index in [1.807, 2.05) is 12.3 Å². The van der Waals surface area contributed by atoms with Crippen LogP contribution in [0.25, 0.3) is 4.96 Å². The Morgan fingerprint density at radius 1 is 1.11 bits per heavy atom. The molecule has 3 aromatic rings. The fourth-order valence-electron chi connectivity index (χ4n) is 2.78. The van der Waals surface area contributed by atoms with E-state index in [-0.39, 0.29) is 18.6 Å². The zero-order valence-electron chi connectivity index (χ0n) is 16.0. The average Bonchev–Trinajstić information content (AvgIpc) is 3.06. The van der Waals surface area contributed by atoms with Crippen LogP contribution in [0.15, 0.2) is 28.4 Å². The average molecular weight is 404 g/mol. The number of thiazole rings is 1. The summed E-state index contributed by atoms with van der Waals surface area (Å²) in [7, 11) is 4.52. The zero-order valence-corrected chi connectivity index (χ0v) is 16.8. The van der Waals surface area contributed by atoms with Crippen LogP contribution in [0.2, 0.25) is 0 Å². The predicted octanol–water partition coefficient (Wildman–Crippen LogP) is 2.38. The maximum atomic E-state index is 12.2. The van der Waals surface area contributed by atoms with Crippen LogP contribution in [0.1, 0.15) is 17.0 Å². The van der Waals surface area contributed by atoms with Gasteiger partial charge in [-0.15, -0.1) is 11.3 Å². The summed E-state index contributed by atoms with van der Waals surface area (Å²) in [6.45, 7) is 1.76. The number of rotatable bonds is 7. The van der Waals surface area contributed by atoms with E-state index in [0.29, 0.717) is 33.5 Å². The minimum absolute atomic E-state index is 0.00997. The number of fused-ring (bicyclic) bond motifs is 1. The monoisotopic (exact) mass is 404 g/mol. The molecule has 148 valence electrons. The van der Waals surface area contributed by atoms with Gasteiger partial charge in [0.2, 0.25) is 5.75 Å². The Bertz CT molecular complexity index is 1050. The van der Waals surface area contributed by atoms with E-state index < -0.39 is 5.97 Å². The number of benzene rings is 1. The largest absolute Gasteiger partial charge is 0.493 e. The number of hydrogen-bond donors (Lipinski definition) is 0. The molecule has 0 atom stereocenters. The van der Waals surface area contributed by atoms with Crippen LogP contribution in [-0.4, -0.2) is 36.7 Å². The Labute approximate surface area is 165 Å². The van der Waals surface area contributed by atoms with E-state index in [4.69, 9.17) is 18.9 Å². The fourth-order valence-corrected chi connectivity index (χ4v) is 3.68. The molecule has 28 heavy (non-hydrogen) atoms. The molecule has 0 unspecified atom stereocenters. The quantitative estimate of drug-likeness (QED) is 0.559. The lowest BCUT2D eigenvalue weighted by Gasteiger charge is -2.14. The minimum atomic E-state index is -0.460. The van der Waals surface area contributed by atoms with Crippen LogP contribution in [0, 0.1) is 6.92 Å². The molecule has 0 spiro atoms. The van der Waals surface area contributed by atoms with Crippen molar-refractivity contribution >= 4 is 22.3 Å². The van der Waals surface area contributed by atoms with Gasteiger partial charge in [0.05, 0.1) is 33.4 Å². The molecule has 0 aliphatic carbocycles. The third-order valence-electron chi connectivity index (χ3n) is 4.08. The third-order valence-corrected chi connectivity index (χ3v) is 5.03. The Morgan fingerprint density at radius 3 is 2.39 bits per heavy atom. The SMILES string of the molecule is COc1cc(CC(=O)OCc2cc(=O)n3c(C)csc3n2)cc(OC)c1OC. The first-order valence-corrected chi connectivity index (χ1v) is 9.26. The highest BCUT2D eigenvalue weighted by molar-refractivity contribution is 7.15. The van der Waals surface area contributed by atoms with E-state index >= 15 is 0 Å². The van der Waals surface area contributed by atoms with Gasteiger partial charge >= 0.3 is 5.97 Å². The second kappa shape index (κ2) is 8.30. The van der Waals surface area contributed by atoms with Gasteiger partial charge in [0.25, 0.3) is 5.56 Å². The first kappa shape index (κ1) is 19.7. The summed E-state index contributed by atoms with van der Waals surface area (Å²) in [6, 6.07) is 4.75. The lowest BCUT2D eigenvalue weighted by Crippen LogP contribution is -2.16. The number of carbonyl (C=O) groups excluding carboxylic acids is 1. The van der Waals surface area contributed by atoms with Gasteiger partial charge in [-0.3, -0.25) is 14.0 Å². The van der Waals surface area contributed by atoms with E-state index in [2.05, 4.69) is 4.98 Å². The van der Waals surface area contributed by atoms with Gasteiger partial charge in [0.1, 0.15) is 6.61 Å². The first-order valence-electron chi connectivity index (χ1n) is 8.38. The molecule has 0 N–H and O–H groups in total. The Kier molecular flexibility index (Phi) is 5.84. The maximum absolute atomic E-state index is 12.2. The second-order valence-electron chi connectivity index (χ2n) is 5.95. The molecule has 0 bridgehead atoms. The summed E-state index contributed by atoms with van der Waals surface area (Å²) in [5, 5.41) is 1.85. The van der Waals surface area contributed by atoms with Gasteiger partial charge in [-0.05, 0) is 24.6 Å². The molecule has 3 rings (SSSR count). The van der Waals surface area contributed by atoms with E-state index in [9.17, 15) is 9.59 Å². The second-order valence-corrected chi connectivity index (χ2v) is 6.79. The van der Waals surface area contributed by atoms with Gasteiger partial charge in [0, 0.05) is 17.1 Å². The zero-order chi connectivity index (χ0) is 20.3. The molecule has 0 aliphatic rings. The summed E-state index contributed by atoms with van der Waals surface area (Å²) >= 11 is 1.36. The van der Waals surface area contributed by atoms with Crippen molar-refractivity contribution in [2.75, 3.05) is 21.3 Å². The van der Waals surface area contributed by atoms with E-state index in [1.165, 1.54) is 43.1 Å². The highest BCUT2D eigenvalue weighted by Gasteiger charge is 2.16. The van der Waals surface area contributed by atoms with Crippen molar-refractivity contribution in [3.05, 3.63) is 50.9 Å². The van der Waals surface area contributed by atoms with Crippen LogP contribution in [-0.2, 0) is 22.6 Å². The van der Waals surface area contributed by atoms with Gasteiger partial charge in [-0.25, -0.2) is 4.98 Å². The molecule has 0 saturated heterocycles. The number of carbonyl (C=O) groups is 1. The fraction of sp³-hybridized carbons (Fsp3) is 0.316. The normalized spacial score (nSPS) is 10.7. The number of ether oxygens (including phenoxy) is 4. The number of hydrogen-bond acceptors (Lipinski definition) is 8. The number of nitrogens with zero attached hydrogens (tertiary/aromatic N) is 2. The molecule has 0 amide bonds. The van der Waals surface area contributed by atoms with Crippen LogP contribution < -0.4 is 19.8 Å². The standard InChI is InChI=1S/C19H20N2O6S/c1-11-10-28-19-20-13(8-16(22)21(11)19)9-27-17(23)7-12-5-14(24-2)18(26-4)15(6-12)25-3/h5-6,8,10H,7,9H2,1-4H3. The lowest BCUT2D eigenvalue weighted by atomic mass is 10.1. The number of esters is 1. The van der Waals surface area contributed by atoms with Crippen molar-refractivity contribution in [1.29, 1.82) is 0 Å². The van der Waals surface area contributed by atoms with Gasteiger partial charge in [-0.2, -0.15) is 0 Å². The van der Waals surface area contributed by atoms with Gasteiger partial charge in [-0.1, -0.05) is 0 Å². The molecule has 2 heterocycles. The van der Waals surface area contributed by atoms with E-state index in [1.54, 1.807) is 12.1 Å². The lowest BCUT2D eigenvalue weighted by molar-refractivity contribution is -0.144. The molecule has 0 saturated carbocycles. The third kappa shape index (κ3) is 3.94. The Balaban J connectivity index is 1.72. The summed E-state index contributed by atoms with van der Waals surface area (Å²) < 4.78 is 22.6. The first-order chi connectivity index (χ1) is 13.5. The summed E-state index contributed by atoms with van der Waals surface area (Å²) in [5.41, 5.74) is 1.69. The van der Waals surface area contributed by atoms with Crippen LogP contribution >= 0.6 is 11.3 Å². The Morgan fingerprint density at radius 2 is 1.79 bits per heavy atom. The highest BCUT2D eigenvalue weighted by Crippen LogP contribution is 2.38. The van der Waals surface area contributed by atoms with E-state index in [0.717, 1.165) is 5.69 Å². The number of aromatic nitrogens is 2. The van der Waals surface area contributed by atoms with Crippen molar-refractivity contribution in [3.63, 3.8) is 0 Å².